The summed E-state index contributed by atoms with van der Waals surface area (Å²) in [4.78, 5) is 14.5. The van der Waals surface area contributed by atoms with Gasteiger partial charge < -0.3 is 4.74 Å². The molecule has 23 heavy (non-hydrogen) atoms. The maximum atomic E-state index is 12.4. The molecule has 0 bridgehead atoms. The molecule has 0 aliphatic carbocycles. The minimum Gasteiger partial charge on any atom is -0.454 e. The first-order valence-electron chi connectivity index (χ1n) is 7.87. The second-order valence-electron chi connectivity index (χ2n) is 5.89. The van der Waals surface area contributed by atoms with Crippen LogP contribution in [0.2, 0.25) is 0 Å². The van der Waals surface area contributed by atoms with Crippen LogP contribution in [0.4, 0.5) is 0 Å². The number of nitrogens with zero attached hydrogens (tertiary/aromatic N) is 1. The third-order valence-electron chi connectivity index (χ3n) is 4.40. The maximum Gasteiger partial charge on any atom is 0.328 e. The smallest absolute Gasteiger partial charge is 0.328 e. The fraction of sp³-hybridized carbons (Fsp3) is 0.250. The second kappa shape index (κ2) is 6.80. The van der Waals surface area contributed by atoms with Crippen LogP contribution < -0.4 is 0 Å². The first-order valence-corrected chi connectivity index (χ1v) is 7.87. The van der Waals surface area contributed by atoms with E-state index in [1.165, 1.54) is 0 Å². The van der Waals surface area contributed by atoms with Gasteiger partial charge in [0.05, 0.1) is 0 Å². The van der Waals surface area contributed by atoms with Gasteiger partial charge in [0.2, 0.25) is 0 Å². The van der Waals surface area contributed by atoms with Crippen LogP contribution in [-0.4, -0.2) is 30.0 Å². The summed E-state index contributed by atoms with van der Waals surface area (Å²) in [6.45, 7) is 2.09. The zero-order chi connectivity index (χ0) is 16.2. The van der Waals surface area contributed by atoms with E-state index in [1.54, 1.807) is 0 Å². The van der Waals surface area contributed by atoms with Crippen molar-refractivity contribution in [1.29, 1.82) is 0 Å². The summed E-state index contributed by atoms with van der Waals surface area (Å²) < 4.78 is 5.72. The van der Waals surface area contributed by atoms with Crippen molar-refractivity contribution in [2.75, 3.05) is 7.05 Å². The number of rotatable bonds is 3. The molecule has 118 valence electrons. The molecule has 0 radical (unpaired) electrons. The van der Waals surface area contributed by atoms with Gasteiger partial charge in [0.15, 0.2) is 0 Å². The van der Waals surface area contributed by atoms with E-state index in [-0.39, 0.29) is 24.2 Å². The quantitative estimate of drug-likeness (QED) is 0.810. The molecule has 1 aliphatic rings. The summed E-state index contributed by atoms with van der Waals surface area (Å²) in [6.07, 6.45) is 3.66. The van der Waals surface area contributed by atoms with Crippen LogP contribution in [-0.2, 0) is 9.53 Å². The van der Waals surface area contributed by atoms with Gasteiger partial charge in [-0.3, -0.25) is 4.90 Å². The van der Waals surface area contributed by atoms with E-state index in [9.17, 15) is 4.79 Å². The second-order valence-corrected chi connectivity index (χ2v) is 5.89. The average Bonchev–Trinajstić information content (AvgIpc) is 2.60. The Bertz CT molecular complexity index is 681. The minimum atomic E-state index is -0.356. The van der Waals surface area contributed by atoms with Crippen LogP contribution >= 0.6 is 0 Å². The van der Waals surface area contributed by atoms with Crippen LogP contribution in [0, 0.1) is 0 Å². The van der Waals surface area contributed by atoms with Crippen molar-refractivity contribution in [3.8, 4) is 0 Å². The monoisotopic (exact) mass is 307 g/mol. The number of carbonyl (C=O) groups is 1. The summed E-state index contributed by atoms with van der Waals surface area (Å²) in [5, 5.41) is 0. The molecule has 2 aromatic rings. The largest absolute Gasteiger partial charge is 0.454 e. The number of likely N-dealkylation sites (N-methyl/N-ethyl adjacent to an activating group) is 1. The zero-order valence-electron chi connectivity index (χ0n) is 13.4. The van der Waals surface area contributed by atoms with E-state index >= 15 is 0 Å². The molecule has 1 heterocycles. The molecule has 0 spiro atoms. The van der Waals surface area contributed by atoms with Gasteiger partial charge in [0.25, 0.3) is 0 Å². The van der Waals surface area contributed by atoms with Gasteiger partial charge in [-0.05, 0) is 25.1 Å². The molecular formula is C20H21NO2. The van der Waals surface area contributed by atoms with Crippen molar-refractivity contribution >= 4 is 12.0 Å². The summed E-state index contributed by atoms with van der Waals surface area (Å²) in [6, 6.07) is 19.6. The Labute approximate surface area is 137 Å². The molecule has 0 amide bonds. The maximum absolute atomic E-state index is 12.4. The van der Waals surface area contributed by atoms with E-state index in [0.29, 0.717) is 0 Å². The number of hydrogen-bond acceptors (Lipinski definition) is 3. The van der Waals surface area contributed by atoms with Crippen LogP contribution in [0.3, 0.4) is 0 Å². The highest BCUT2D eigenvalue weighted by molar-refractivity contribution is 5.80. The van der Waals surface area contributed by atoms with Gasteiger partial charge in [-0.25, -0.2) is 4.79 Å². The molecule has 2 aromatic carbocycles. The van der Waals surface area contributed by atoms with Crippen LogP contribution in [0.1, 0.15) is 24.2 Å². The molecule has 1 fully saturated rings. The third-order valence-corrected chi connectivity index (χ3v) is 4.40. The summed E-state index contributed by atoms with van der Waals surface area (Å²) in [7, 11) is 1.97. The van der Waals surface area contributed by atoms with Gasteiger partial charge in [-0.2, -0.15) is 0 Å². The highest BCUT2D eigenvalue weighted by Gasteiger charge is 2.38. The number of esters is 1. The van der Waals surface area contributed by atoms with Crippen LogP contribution in [0.15, 0.2) is 66.7 Å². The summed E-state index contributed by atoms with van der Waals surface area (Å²) in [5.41, 5.74) is 2.11. The number of benzene rings is 2. The first-order chi connectivity index (χ1) is 11.2. The Morgan fingerprint density at radius 3 is 2.26 bits per heavy atom. The van der Waals surface area contributed by atoms with Crippen molar-refractivity contribution in [2.45, 2.75) is 25.1 Å². The van der Waals surface area contributed by atoms with Crippen LogP contribution in [0.5, 0.6) is 0 Å². The summed E-state index contributed by atoms with van der Waals surface area (Å²) in [5.74, 6) is -0.202. The normalized spacial score (nSPS) is 25.5. The first kappa shape index (κ1) is 15.5. The zero-order valence-corrected chi connectivity index (χ0v) is 13.4. The predicted molar refractivity (Wildman–Crippen MR) is 91.8 cm³/mol. The Hall–Kier alpha value is -2.39. The molecule has 3 atom stereocenters. The van der Waals surface area contributed by atoms with E-state index in [2.05, 4.69) is 11.8 Å². The molecule has 1 aliphatic heterocycles. The molecule has 1 saturated heterocycles. The standard InChI is InChI=1S/C20H21NO2/c1-15-19(17-11-7-4-8-12-17)23-20(22)18(21(15)2)14-13-16-9-5-3-6-10-16/h3-15,18-19H,1-2H3/b14-13+/t15-,18+,19-/m0/s1. The van der Waals surface area contributed by atoms with Gasteiger partial charge in [-0.15, -0.1) is 0 Å². The van der Waals surface area contributed by atoms with Gasteiger partial charge >= 0.3 is 5.97 Å². The van der Waals surface area contributed by atoms with Crippen molar-refractivity contribution < 1.29 is 9.53 Å². The Morgan fingerprint density at radius 2 is 1.61 bits per heavy atom. The van der Waals surface area contributed by atoms with Crippen LogP contribution in [0.25, 0.3) is 6.08 Å². The molecule has 0 saturated carbocycles. The Morgan fingerprint density at radius 1 is 1.00 bits per heavy atom. The molecule has 0 aromatic heterocycles. The molecule has 0 unspecified atom stereocenters. The predicted octanol–water partition coefficient (Wildman–Crippen LogP) is 3.69. The highest BCUT2D eigenvalue weighted by atomic mass is 16.5. The number of morpholine rings is 1. The lowest BCUT2D eigenvalue weighted by Gasteiger charge is -2.40. The van der Waals surface area contributed by atoms with Crippen molar-refractivity contribution in [3.63, 3.8) is 0 Å². The van der Waals surface area contributed by atoms with E-state index < -0.39 is 0 Å². The number of cyclic esters (lactones) is 1. The molecule has 0 N–H and O–H groups in total. The fourth-order valence-corrected chi connectivity index (χ4v) is 2.90. The number of hydrogen-bond donors (Lipinski definition) is 0. The van der Waals surface area contributed by atoms with Crippen molar-refractivity contribution in [1.82, 2.24) is 4.90 Å². The van der Waals surface area contributed by atoms with Gasteiger partial charge in [0, 0.05) is 6.04 Å². The topological polar surface area (TPSA) is 29.5 Å². The number of ether oxygens (including phenoxy) is 1. The number of carbonyl (C=O) groups excluding carboxylic acids is 1. The van der Waals surface area contributed by atoms with Gasteiger partial charge in [0.1, 0.15) is 12.1 Å². The highest BCUT2D eigenvalue weighted by Crippen LogP contribution is 2.31. The van der Waals surface area contributed by atoms with E-state index in [1.807, 2.05) is 79.9 Å². The van der Waals surface area contributed by atoms with Crippen molar-refractivity contribution in [2.24, 2.45) is 0 Å². The lowest BCUT2D eigenvalue weighted by molar-refractivity contribution is -0.168. The molecular weight excluding hydrogens is 286 g/mol. The third kappa shape index (κ3) is 3.35. The average molecular weight is 307 g/mol. The Balaban J connectivity index is 1.78. The fourth-order valence-electron chi connectivity index (χ4n) is 2.90. The molecule has 3 heteroatoms. The van der Waals surface area contributed by atoms with E-state index in [0.717, 1.165) is 11.1 Å². The Kier molecular flexibility index (Phi) is 4.58. The molecule has 3 nitrogen and oxygen atoms in total. The summed E-state index contributed by atoms with van der Waals surface area (Å²) >= 11 is 0. The molecule has 3 rings (SSSR count). The SMILES string of the molecule is C[C@H]1[C@@H](c2ccccc2)OC(=O)[C@@H](/C=C/c2ccccc2)N1C. The minimum absolute atomic E-state index is 0.112. The lowest BCUT2D eigenvalue weighted by atomic mass is 9.98. The van der Waals surface area contributed by atoms with E-state index in [4.69, 9.17) is 4.74 Å². The lowest BCUT2D eigenvalue weighted by Crippen LogP contribution is -2.52. The van der Waals surface area contributed by atoms with Gasteiger partial charge in [-0.1, -0.05) is 72.8 Å². The van der Waals surface area contributed by atoms with Crippen molar-refractivity contribution in [3.05, 3.63) is 77.9 Å².